The summed E-state index contributed by atoms with van der Waals surface area (Å²) in [5.74, 6) is 0. The minimum Gasteiger partial charge on any atom is -0.380 e. The molecule has 1 aromatic rings. The van der Waals surface area contributed by atoms with E-state index in [0.29, 0.717) is 6.61 Å². The molecule has 0 bridgehead atoms. The van der Waals surface area contributed by atoms with E-state index in [9.17, 15) is 0 Å². The second-order valence-electron chi connectivity index (χ2n) is 1.86. The van der Waals surface area contributed by atoms with Gasteiger partial charge in [0.05, 0.1) is 12.2 Å². The quantitative estimate of drug-likeness (QED) is 0.648. The molecule has 0 atom stereocenters. The van der Waals surface area contributed by atoms with Gasteiger partial charge in [-0.3, -0.25) is 0 Å². The molecule has 0 aliphatic rings. The van der Waals surface area contributed by atoms with Crippen molar-refractivity contribution in [2.75, 3.05) is 7.11 Å². The average molecular weight is 153 g/mol. The molecule has 0 aromatic carbocycles. The third kappa shape index (κ3) is 1.35. The summed E-state index contributed by atoms with van der Waals surface area (Å²) >= 11 is 1.53. The Balaban J connectivity index is 2.82. The van der Waals surface area contributed by atoms with E-state index in [1.54, 1.807) is 7.11 Å². The van der Waals surface area contributed by atoms with Crippen molar-refractivity contribution in [1.29, 1.82) is 5.26 Å². The Morgan fingerprint density at radius 1 is 1.70 bits per heavy atom. The first-order valence-electron chi connectivity index (χ1n) is 2.82. The maximum Gasteiger partial charge on any atom is 0.100 e. The molecule has 0 aliphatic carbocycles. The van der Waals surface area contributed by atoms with Gasteiger partial charge in [0.15, 0.2) is 0 Å². The van der Waals surface area contributed by atoms with Crippen LogP contribution in [0, 0.1) is 11.3 Å². The van der Waals surface area contributed by atoms with Gasteiger partial charge in [-0.1, -0.05) is 0 Å². The fourth-order valence-electron chi connectivity index (χ4n) is 0.689. The number of thiophene rings is 1. The van der Waals surface area contributed by atoms with Crippen LogP contribution in [-0.4, -0.2) is 7.11 Å². The highest BCUT2D eigenvalue weighted by Gasteiger charge is 2.00. The molecular weight excluding hydrogens is 146 g/mol. The summed E-state index contributed by atoms with van der Waals surface area (Å²) in [5, 5.41) is 12.3. The Labute approximate surface area is 63.7 Å². The molecule has 0 amide bonds. The van der Waals surface area contributed by atoms with Crippen LogP contribution in [0.25, 0.3) is 0 Å². The topological polar surface area (TPSA) is 33.0 Å². The van der Waals surface area contributed by atoms with Crippen molar-refractivity contribution >= 4 is 11.3 Å². The van der Waals surface area contributed by atoms with Crippen LogP contribution in [0.5, 0.6) is 0 Å². The van der Waals surface area contributed by atoms with Crippen LogP contribution >= 0.6 is 11.3 Å². The zero-order valence-electron chi connectivity index (χ0n) is 5.63. The highest BCUT2D eigenvalue weighted by molar-refractivity contribution is 7.08. The van der Waals surface area contributed by atoms with E-state index in [4.69, 9.17) is 10.00 Å². The van der Waals surface area contributed by atoms with Gasteiger partial charge >= 0.3 is 0 Å². The minimum atomic E-state index is 0.534. The molecule has 0 saturated heterocycles. The van der Waals surface area contributed by atoms with Gasteiger partial charge in [-0.05, 0) is 5.38 Å². The predicted molar refractivity (Wildman–Crippen MR) is 39.7 cm³/mol. The second kappa shape index (κ2) is 3.35. The van der Waals surface area contributed by atoms with E-state index in [1.165, 1.54) is 11.3 Å². The first kappa shape index (κ1) is 7.26. The van der Waals surface area contributed by atoms with Crippen LogP contribution in [-0.2, 0) is 11.3 Å². The van der Waals surface area contributed by atoms with Gasteiger partial charge in [-0.15, -0.1) is 0 Å². The lowest BCUT2D eigenvalue weighted by Crippen LogP contribution is -1.86. The molecule has 1 rings (SSSR count). The zero-order valence-corrected chi connectivity index (χ0v) is 6.44. The number of nitriles is 1. The van der Waals surface area contributed by atoms with E-state index in [-0.39, 0.29) is 0 Å². The molecule has 0 N–H and O–H groups in total. The molecule has 10 heavy (non-hydrogen) atoms. The third-order valence-electron chi connectivity index (χ3n) is 1.16. The maximum atomic E-state index is 8.54. The standard InChI is InChI=1S/C7H7NOS/c1-9-3-7-5-10-4-6(7)2-8/h4-5H,3H2,1H3. The van der Waals surface area contributed by atoms with Crippen molar-refractivity contribution in [1.82, 2.24) is 0 Å². The summed E-state index contributed by atoms with van der Waals surface area (Å²) in [6.45, 7) is 0.534. The summed E-state index contributed by atoms with van der Waals surface area (Å²) in [6, 6.07) is 2.09. The molecule has 1 aromatic heterocycles. The Bertz CT molecular complexity index is 248. The summed E-state index contributed by atoms with van der Waals surface area (Å²) in [6.07, 6.45) is 0. The fourth-order valence-corrected chi connectivity index (χ4v) is 1.46. The van der Waals surface area contributed by atoms with E-state index in [1.807, 2.05) is 10.8 Å². The monoisotopic (exact) mass is 153 g/mol. The molecular formula is C7H7NOS. The Kier molecular flexibility index (Phi) is 2.43. The van der Waals surface area contributed by atoms with Gasteiger partial charge in [0.2, 0.25) is 0 Å². The summed E-state index contributed by atoms with van der Waals surface area (Å²) in [4.78, 5) is 0. The van der Waals surface area contributed by atoms with Crippen LogP contribution in [0.4, 0.5) is 0 Å². The van der Waals surface area contributed by atoms with Gasteiger partial charge in [0.25, 0.3) is 0 Å². The lowest BCUT2D eigenvalue weighted by molar-refractivity contribution is 0.185. The SMILES string of the molecule is COCc1cscc1C#N. The molecule has 0 aliphatic heterocycles. The molecule has 0 radical (unpaired) electrons. The van der Waals surface area contributed by atoms with Crippen LogP contribution in [0.2, 0.25) is 0 Å². The molecule has 2 nitrogen and oxygen atoms in total. The Morgan fingerprint density at radius 3 is 3.10 bits per heavy atom. The molecule has 3 heteroatoms. The van der Waals surface area contributed by atoms with Crippen molar-refractivity contribution < 1.29 is 4.74 Å². The zero-order chi connectivity index (χ0) is 7.40. The van der Waals surface area contributed by atoms with Crippen molar-refractivity contribution in [3.05, 3.63) is 21.9 Å². The van der Waals surface area contributed by atoms with Crippen LogP contribution in [0.15, 0.2) is 10.8 Å². The fraction of sp³-hybridized carbons (Fsp3) is 0.286. The van der Waals surface area contributed by atoms with E-state index >= 15 is 0 Å². The average Bonchev–Trinajstić information content (AvgIpc) is 2.36. The van der Waals surface area contributed by atoms with E-state index in [0.717, 1.165) is 11.1 Å². The predicted octanol–water partition coefficient (Wildman–Crippen LogP) is 1.77. The van der Waals surface area contributed by atoms with Crippen molar-refractivity contribution in [3.63, 3.8) is 0 Å². The molecule has 1 heterocycles. The van der Waals surface area contributed by atoms with Crippen LogP contribution in [0.1, 0.15) is 11.1 Å². The van der Waals surface area contributed by atoms with Crippen molar-refractivity contribution in [3.8, 4) is 6.07 Å². The normalized spacial score (nSPS) is 9.20. The summed E-state index contributed by atoms with van der Waals surface area (Å²) < 4.78 is 4.88. The number of nitrogens with zero attached hydrogens (tertiary/aromatic N) is 1. The lowest BCUT2D eigenvalue weighted by Gasteiger charge is -1.92. The number of methoxy groups -OCH3 is 1. The first-order valence-corrected chi connectivity index (χ1v) is 3.77. The van der Waals surface area contributed by atoms with Gasteiger partial charge in [-0.2, -0.15) is 16.6 Å². The van der Waals surface area contributed by atoms with Gasteiger partial charge in [0, 0.05) is 18.1 Å². The smallest absolute Gasteiger partial charge is 0.100 e. The van der Waals surface area contributed by atoms with Crippen LogP contribution in [0.3, 0.4) is 0 Å². The second-order valence-corrected chi connectivity index (χ2v) is 2.60. The minimum absolute atomic E-state index is 0.534. The molecule has 0 fully saturated rings. The summed E-state index contributed by atoms with van der Waals surface area (Å²) in [5.41, 5.74) is 1.71. The Morgan fingerprint density at radius 2 is 2.50 bits per heavy atom. The Hall–Kier alpha value is -0.850. The van der Waals surface area contributed by atoms with Crippen molar-refractivity contribution in [2.45, 2.75) is 6.61 Å². The van der Waals surface area contributed by atoms with E-state index in [2.05, 4.69) is 6.07 Å². The molecule has 0 spiro atoms. The molecule has 52 valence electrons. The highest BCUT2D eigenvalue weighted by atomic mass is 32.1. The number of hydrogen-bond donors (Lipinski definition) is 0. The number of ether oxygens (including phenoxy) is 1. The maximum absolute atomic E-state index is 8.54. The van der Waals surface area contributed by atoms with Gasteiger partial charge in [-0.25, -0.2) is 0 Å². The van der Waals surface area contributed by atoms with Gasteiger partial charge in [0.1, 0.15) is 6.07 Å². The molecule has 0 saturated carbocycles. The summed E-state index contributed by atoms with van der Waals surface area (Å²) in [7, 11) is 1.62. The van der Waals surface area contributed by atoms with Gasteiger partial charge < -0.3 is 4.74 Å². The van der Waals surface area contributed by atoms with E-state index < -0.39 is 0 Å². The number of hydrogen-bond acceptors (Lipinski definition) is 3. The molecule has 0 unspecified atom stereocenters. The number of rotatable bonds is 2. The largest absolute Gasteiger partial charge is 0.380 e. The van der Waals surface area contributed by atoms with Crippen molar-refractivity contribution in [2.24, 2.45) is 0 Å². The highest BCUT2D eigenvalue weighted by Crippen LogP contribution is 2.14. The van der Waals surface area contributed by atoms with Crippen LogP contribution < -0.4 is 0 Å². The first-order chi connectivity index (χ1) is 4.88. The lowest BCUT2D eigenvalue weighted by atomic mass is 10.2. The third-order valence-corrected chi connectivity index (χ3v) is 1.95.